The molecule has 3 aliphatic rings. The van der Waals surface area contributed by atoms with Crippen LogP contribution in [0.3, 0.4) is 0 Å². The zero-order valence-corrected chi connectivity index (χ0v) is 27.2. The van der Waals surface area contributed by atoms with E-state index in [1.165, 1.54) is 12.8 Å². The highest BCUT2D eigenvalue weighted by Crippen LogP contribution is 2.32. The van der Waals surface area contributed by atoms with Gasteiger partial charge in [0.1, 0.15) is 0 Å². The number of aryl methyl sites for hydroxylation is 3. The van der Waals surface area contributed by atoms with E-state index in [4.69, 9.17) is 0 Å². The van der Waals surface area contributed by atoms with Gasteiger partial charge in [0.15, 0.2) is 0 Å². The quantitative estimate of drug-likeness (QED) is 0.388. The van der Waals surface area contributed by atoms with Gasteiger partial charge in [0.2, 0.25) is 20.0 Å². The molecule has 0 spiro atoms. The van der Waals surface area contributed by atoms with E-state index in [0.29, 0.717) is 43.4 Å². The second-order valence-corrected chi connectivity index (χ2v) is 15.3. The Hall–Kier alpha value is -0.460. The average Bonchev–Trinajstić information content (AvgIpc) is 3.31. The molecule has 0 bridgehead atoms. The van der Waals surface area contributed by atoms with Crippen LogP contribution >= 0.6 is 24.8 Å². The Balaban J connectivity index is 0.00000267. The van der Waals surface area contributed by atoms with Gasteiger partial charge in [0, 0.05) is 44.8 Å². The number of halogens is 2. The second kappa shape index (κ2) is 14.6. The van der Waals surface area contributed by atoms with E-state index in [0.717, 1.165) is 62.1 Å². The summed E-state index contributed by atoms with van der Waals surface area (Å²) in [4.78, 5) is 5.28. The van der Waals surface area contributed by atoms with Gasteiger partial charge in [0.25, 0.3) is 0 Å². The number of unbranched alkanes of at least 4 members (excludes halogenated alkanes) is 1. The van der Waals surface area contributed by atoms with E-state index in [1.807, 2.05) is 32.9 Å². The van der Waals surface area contributed by atoms with Gasteiger partial charge in [-0.1, -0.05) is 24.1 Å². The molecule has 39 heavy (non-hydrogen) atoms. The van der Waals surface area contributed by atoms with Crippen molar-refractivity contribution in [3.8, 4) is 0 Å². The minimum absolute atomic E-state index is 0. The lowest BCUT2D eigenvalue weighted by Gasteiger charge is -2.41. The summed E-state index contributed by atoms with van der Waals surface area (Å²) in [7, 11) is -4.68. The Morgan fingerprint density at radius 3 is 1.97 bits per heavy atom. The minimum Gasteiger partial charge on any atom is -0.306 e. The molecule has 12 heteroatoms. The number of hydrogen-bond acceptors (Lipinski definition) is 6. The lowest BCUT2D eigenvalue weighted by molar-refractivity contribution is 0.0892. The monoisotopic (exact) mass is 626 g/mol. The Labute approximate surface area is 249 Å². The maximum Gasteiger partial charge on any atom is 0.243 e. The molecular weight excluding hydrogens is 579 g/mol. The number of hydrogen-bond donors (Lipinski definition) is 0. The van der Waals surface area contributed by atoms with Crippen LogP contribution in [0.2, 0.25) is 0 Å². The average molecular weight is 628 g/mol. The summed E-state index contributed by atoms with van der Waals surface area (Å²) >= 11 is 0. The third kappa shape index (κ3) is 8.31. The lowest BCUT2D eigenvalue weighted by Crippen LogP contribution is -2.54. The van der Waals surface area contributed by atoms with E-state index in [1.54, 1.807) is 8.61 Å². The molecule has 3 heterocycles. The van der Waals surface area contributed by atoms with Crippen LogP contribution in [0.1, 0.15) is 61.6 Å². The van der Waals surface area contributed by atoms with Gasteiger partial charge in [-0.05, 0) is 90.6 Å². The maximum absolute atomic E-state index is 13.6. The molecule has 1 unspecified atom stereocenters. The van der Waals surface area contributed by atoms with Crippen molar-refractivity contribution in [3.05, 3.63) is 28.8 Å². The zero-order valence-electron chi connectivity index (χ0n) is 24.0. The second-order valence-electron chi connectivity index (χ2n) is 11.4. The fourth-order valence-corrected chi connectivity index (χ4v) is 10.3. The van der Waals surface area contributed by atoms with Gasteiger partial charge in [-0.3, -0.25) is 4.90 Å². The molecule has 0 N–H and O–H groups in total. The molecule has 0 amide bonds. The topological polar surface area (TPSA) is 81.2 Å². The summed E-state index contributed by atoms with van der Waals surface area (Å²) < 4.78 is 56.5. The summed E-state index contributed by atoms with van der Waals surface area (Å²) in [5, 5.41) is 0. The third-order valence-corrected chi connectivity index (χ3v) is 12.8. The van der Waals surface area contributed by atoms with Crippen molar-refractivity contribution >= 4 is 44.9 Å². The number of likely N-dealkylation sites (tertiary alicyclic amines) is 1. The first-order valence-electron chi connectivity index (χ1n) is 14.0. The number of piperazine rings is 1. The van der Waals surface area contributed by atoms with Crippen molar-refractivity contribution in [2.75, 3.05) is 58.6 Å². The molecule has 226 valence electrons. The molecule has 3 fully saturated rings. The van der Waals surface area contributed by atoms with Crippen LogP contribution in [0.4, 0.5) is 0 Å². The number of benzene rings is 1. The predicted octanol–water partition coefficient (Wildman–Crippen LogP) is 3.82. The maximum atomic E-state index is 13.6. The fraction of sp³-hybridized carbons (Fsp3) is 0.778. The summed E-state index contributed by atoms with van der Waals surface area (Å²) in [5.74, 6) is 0.150. The minimum atomic E-state index is -3.57. The SMILES string of the molecule is Cc1cc(C)c(S(=O)(=O)N2CCCC2CCCCS(=O)(=O)N2CCN(C3CCN(C)CC3)CC2)c(C)c1.Cl.Cl. The highest BCUT2D eigenvalue weighted by molar-refractivity contribution is 7.89. The molecule has 0 radical (unpaired) electrons. The van der Waals surface area contributed by atoms with E-state index >= 15 is 0 Å². The Morgan fingerprint density at radius 2 is 1.38 bits per heavy atom. The van der Waals surface area contributed by atoms with E-state index in [-0.39, 0.29) is 36.6 Å². The number of rotatable bonds is 9. The molecule has 4 rings (SSSR count). The van der Waals surface area contributed by atoms with E-state index < -0.39 is 20.0 Å². The molecule has 8 nitrogen and oxygen atoms in total. The van der Waals surface area contributed by atoms with Crippen molar-refractivity contribution < 1.29 is 16.8 Å². The Bertz CT molecular complexity index is 1130. The van der Waals surface area contributed by atoms with Gasteiger partial charge < -0.3 is 4.90 Å². The van der Waals surface area contributed by atoms with Crippen LogP contribution in [-0.4, -0.2) is 106 Å². The van der Waals surface area contributed by atoms with Crippen molar-refractivity contribution in [1.29, 1.82) is 0 Å². The molecule has 1 aromatic carbocycles. The van der Waals surface area contributed by atoms with Crippen LogP contribution < -0.4 is 0 Å². The smallest absolute Gasteiger partial charge is 0.243 e. The van der Waals surface area contributed by atoms with Gasteiger partial charge in [0.05, 0.1) is 10.6 Å². The molecule has 0 aromatic heterocycles. The molecule has 0 saturated carbocycles. The van der Waals surface area contributed by atoms with Gasteiger partial charge in [-0.2, -0.15) is 8.61 Å². The summed E-state index contributed by atoms with van der Waals surface area (Å²) in [6.45, 7) is 11.3. The van der Waals surface area contributed by atoms with Gasteiger partial charge in [-0.15, -0.1) is 24.8 Å². The normalized spacial score (nSPS) is 22.9. The summed E-state index contributed by atoms with van der Waals surface area (Å²) in [5.41, 5.74) is 2.66. The van der Waals surface area contributed by atoms with Crippen molar-refractivity contribution in [2.24, 2.45) is 0 Å². The van der Waals surface area contributed by atoms with E-state index in [9.17, 15) is 16.8 Å². The molecule has 1 aromatic rings. The third-order valence-electron chi connectivity index (χ3n) is 8.56. The highest BCUT2D eigenvalue weighted by Gasteiger charge is 2.37. The first-order valence-corrected chi connectivity index (χ1v) is 17.0. The molecule has 3 saturated heterocycles. The Kier molecular flexibility index (Phi) is 13.0. The Morgan fingerprint density at radius 1 is 0.795 bits per heavy atom. The van der Waals surface area contributed by atoms with E-state index in [2.05, 4.69) is 16.8 Å². The first kappa shape index (κ1) is 34.7. The van der Waals surface area contributed by atoms with Crippen LogP contribution in [-0.2, 0) is 20.0 Å². The standard InChI is InChI=1S/C27H46N4O4S2.2ClH/c1-22-20-23(2)27(24(3)21-22)37(34,35)31-12-7-9-26(31)8-5-6-19-36(32,33)30-17-15-29(16-18-30)25-10-13-28(4)14-11-25;;/h20-21,25-26H,5-19H2,1-4H3;2*1H. The fourth-order valence-electron chi connectivity index (χ4n) is 6.61. The zero-order chi connectivity index (χ0) is 26.8. The number of sulfonamides is 2. The molecule has 1 atom stereocenters. The largest absolute Gasteiger partial charge is 0.306 e. The van der Waals surface area contributed by atoms with Crippen molar-refractivity contribution in [3.63, 3.8) is 0 Å². The number of nitrogens with zero attached hydrogens (tertiary/aromatic N) is 4. The van der Waals surface area contributed by atoms with Crippen molar-refractivity contribution in [2.45, 2.75) is 82.7 Å². The molecule has 0 aliphatic carbocycles. The summed E-state index contributed by atoms with van der Waals surface area (Å²) in [6, 6.07) is 4.40. The van der Waals surface area contributed by atoms with Crippen molar-refractivity contribution in [1.82, 2.24) is 18.4 Å². The van der Waals surface area contributed by atoms with Crippen LogP contribution in [0, 0.1) is 20.8 Å². The van der Waals surface area contributed by atoms with Gasteiger partial charge >= 0.3 is 0 Å². The van der Waals surface area contributed by atoms with Gasteiger partial charge in [-0.25, -0.2) is 16.8 Å². The van der Waals surface area contributed by atoms with Crippen LogP contribution in [0.15, 0.2) is 17.0 Å². The summed E-state index contributed by atoms with van der Waals surface area (Å²) in [6.07, 6.45) is 6.04. The number of piperidine rings is 1. The van der Waals surface area contributed by atoms with Crippen LogP contribution in [0.25, 0.3) is 0 Å². The predicted molar refractivity (Wildman–Crippen MR) is 163 cm³/mol. The lowest BCUT2D eigenvalue weighted by atomic mass is 10.0. The molecular formula is C27H48Cl2N4O4S2. The molecule has 3 aliphatic heterocycles. The van der Waals surface area contributed by atoms with Crippen LogP contribution in [0.5, 0.6) is 0 Å². The first-order chi connectivity index (χ1) is 17.5. The highest BCUT2D eigenvalue weighted by atomic mass is 35.5.